The number of carbonyl (C=O) groups excluding carboxylic acids is 2. The highest BCUT2D eigenvalue weighted by molar-refractivity contribution is 7.10. The van der Waals surface area contributed by atoms with E-state index in [4.69, 9.17) is 16.3 Å². The molecular weight excluding hydrogens is 463 g/mol. The molecule has 1 unspecified atom stereocenters. The SMILES string of the molecule is COCCN(CC(=O)N1CCc2sccc2C1c1ccc(Cl)cc1)C(=O)c1ccc(F)cc1. The molecule has 2 amide bonds. The number of ether oxygens (including phenoxy) is 1. The van der Waals surface area contributed by atoms with E-state index in [0.29, 0.717) is 17.1 Å². The normalized spacial score (nSPS) is 15.2. The van der Waals surface area contributed by atoms with Gasteiger partial charge in [0.1, 0.15) is 12.4 Å². The Morgan fingerprint density at radius 3 is 2.58 bits per heavy atom. The van der Waals surface area contributed by atoms with Gasteiger partial charge in [-0.15, -0.1) is 11.3 Å². The fourth-order valence-corrected chi connectivity index (χ4v) is 5.10. The lowest BCUT2D eigenvalue weighted by Gasteiger charge is -2.37. The predicted molar refractivity (Wildman–Crippen MR) is 127 cm³/mol. The van der Waals surface area contributed by atoms with Crippen LogP contribution in [0.2, 0.25) is 5.02 Å². The summed E-state index contributed by atoms with van der Waals surface area (Å²) in [7, 11) is 1.54. The Morgan fingerprint density at radius 1 is 1.15 bits per heavy atom. The van der Waals surface area contributed by atoms with Gasteiger partial charge < -0.3 is 14.5 Å². The molecule has 5 nitrogen and oxygen atoms in total. The first-order valence-electron chi connectivity index (χ1n) is 10.6. The minimum absolute atomic E-state index is 0.0941. The highest BCUT2D eigenvalue weighted by Gasteiger charge is 2.34. The topological polar surface area (TPSA) is 49.9 Å². The molecule has 8 heteroatoms. The number of fused-ring (bicyclic) bond motifs is 1. The van der Waals surface area contributed by atoms with Crippen LogP contribution >= 0.6 is 22.9 Å². The summed E-state index contributed by atoms with van der Waals surface area (Å²) in [4.78, 5) is 31.2. The Balaban J connectivity index is 1.60. The molecule has 0 fully saturated rings. The minimum atomic E-state index is -0.420. The van der Waals surface area contributed by atoms with Crippen LogP contribution in [-0.2, 0) is 16.0 Å². The van der Waals surface area contributed by atoms with Crippen LogP contribution in [0.25, 0.3) is 0 Å². The van der Waals surface area contributed by atoms with Gasteiger partial charge in [0.05, 0.1) is 12.6 Å². The maximum absolute atomic E-state index is 13.6. The van der Waals surface area contributed by atoms with E-state index in [1.807, 2.05) is 34.5 Å². The van der Waals surface area contributed by atoms with Gasteiger partial charge in [-0.1, -0.05) is 23.7 Å². The van der Waals surface area contributed by atoms with Crippen molar-refractivity contribution in [3.05, 3.63) is 92.4 Å². The van der Waals surface area contributed by atoms with Gasteiger partial charge in [-0.3, -0.25) is 9.59 Å². The number of thiophene rings is 1. The van der Waals surface area contributed by atoms with E-state index in [-0.39, 0.29) is 37.6 Å². The number of methoxy groups -OCH3 is 1. The Bertz CT molecular complexity index is 1120. The zero-order valence-electron chi connectivity index (χ0n) is 18.2. The van der Waals surface area contributed by atoms with Gasteiger partial charge in [0.15, 0.2) is 0 Å². The summed E-state index contributed by atoms with van der Waals surface area (Å²) in [5.41, 5.74) is 2.41. The molecular formula is C25H24ClFN2O3S. The van der Waals surface area contributed by atoms with Crippen molar-refractivity contribution < 1.29 is 18.7 Å². The molecule has 172 valence electrons. The molecule has 0 N–H and O–H groups in total. The first-order valence-corrected chi connectivity index (χ1v) is 11.9. The second-order valence-corrected chi connectivity index (χ2v) is 9.25. The van der Waals surface area contributed by atoms with Crippen LogP contribution in [0, 0.1) is 5.82 Å². The summed E-state index contributed by atoms with van der Waals surface area (Å²) in [6.45, 7) is 1.00. The summed E-state index contributed by atoms with van der Waals surface area (Å²) in [5.74, 6) is -0.910. The van der Waals surface area contributed by atoms with E-state index in [1.165, 1.54) is 34.0 Å². The number of carbonyl (C=O) groups is 2. The van der Waals surface area contributed by atoms with Crippen molar-refractivity contribution in [3.8, 4) is 0 Å². The molecule has 1 atom stereocenters. The summed E-state index contributed by atoms with van der Waals surface area (Å²) < 4.78 is 18.5. The first kappa shape index (κ1) is 23.4. The first-order chi connectivity index (χ1) is 16.0. The molecule has 2 aromatic carbocycles. The van der Waals surface area contributed by atoms with Crippen LogP contribution in [0.1, 0.15) is 32.4 Å². The molecule has 1 aliphatic rings. The number of amides is 2. The molecule has 2 heterocycles. The maximum Gasteiger partial charge on any atom is 0.254 e. The Morgan fingerprint density at radius 2 is 1.88 bits per heavy atom. The van der Waals surface area contributed by atoms with Crippen molar-refractivity contribution in [2.45, 2.75) is 12.5 Å². The van der Waals surface area contributed by atoms with Crippen molar-refractivity contribution >= 4 is 34.8 Å². The smallest absolute Gasteiger partial charge is 0.254 e. The highest BCUT2D eigenvalue weighted by atomic mass is 35.5. The molecule has 3 aromatic rings. The summed E-state index contributed by atoms with van der Waals surface area (Å²) in [5, 5.41) is 2.68. The molecule has 0 aliphatic carbocycles. The van der Waals surface area contributed by atoms with Gasteiger partial charge in [0, 0.05) is 35.7 Å². The van der Waals surface area contributed by atoms with Crippen molar-refractivity contribution in [2.24, 2.45) is 0 Å². The molecule has 1 aliphatic heterocycles. The molecule has 33 heavy (non-hydrogen) atoms. The van der Waals surface area contributed by atoms with Crippen LogP contribution in [-0.4, -0.2) is 55.0 Å². The van der Waals surface area contributed by atoms with Gasteiger partial charge in [0.25, 0.3) is 5.91 Å². The number of nitrogens with zero attached hydrogens (tertiary/aromatic N) is 2. The second kappa shape index (κ2) is 10.5. The average molecular weight is 487 g/mol. The standard InChI is InChI=1S/C25H24ClFN2O3S/c1-32-14-13-28(25(31)18-4-8-20(27)9-5-18)16-23(30)29-12-10-22-21(11-15-33-22)24(29)17-2-6-19(26)7-3-17/h2-9,11,15,24H,10,12-14,16H2,1H3. The van der Waals surface area contributed by atoms with Gasteiger partial charge in [-0.2, -0.15) is 0 Å². The fraction of sp³-hybridized carbons (Fsp3) is 0.280. The van der Waals surface area contributed by atoms with Crippen molar-refractivity contribution in [1.82, 2.24) is 9.80 Å². The third-order valence-corrected chi connectivity index (χ3v) is 6.99. The van der Waals surface area contributed by atoms with Crippen LogP contribution < -0.4 is 0 Å². The van der Waals surface area contributed by atoms with Gasteiger partial charge in [0.2, 0.25) is 5.91 Å². The molecule has 0 saturated carbocycles. The predicted octanol–water partition coefficient (Wildman–Crippen LogP) is 4.80. The van der Waals surface area contributed by atoms with E-state index in [2.05, 4.69) is 6.07 Å². The van der Waals surface area contributed by atoms with Crippen molar-refractivity contribution in [3.63, 3.8) is 0 Å². The average Bonchev–Trinajstić information content (AvgIpc) is 3.30. The lowest BCUT2D eigenvalue weighted by Crippen LogP contribution is -2.47. The summed E-state index contributed by atoms with van der Waals surface area (Å²) in [6.07, 6.45) is 0.771. The maximum atomic E-state index is 13.6. The second-order valence-electron chi connectivity index (χ2n) is 7.82. The Labute approximate surface area is 201 Å². The fourth-order valence-electron chi connectivity index (χ4n) is 4.07. The largest absolute Gasteiger partial charge is 0.383 e. The number of halogens is 2. The van der Waals surface area contributed by atoms with E-state index in [1.54, 1.807) is 18.4 Å². The quantitative estimate of drug-likeness (QED) is 0.482. The summed E-state index contributed by atoms with van der Waals surface area (Å²) in [6, 6.07) is 14.7. The highest BCUT2D eigenvalue weighted by Crippen LogP contribution is 2.38. The monoisotopic (exact) mass is 486 g/mol. The van der Waals surface area contributed by atoms with Crippen LogP contribution in [0.15, 0.2) is 60.0 Å². The molecule has 0 bridgehead atoms. The van der Waals surface area contributed by atoms with E-state index in [9.17, 15) is 14.0 Å². The van der Waals surface area contributed by atoms with Crippen molar-refractivity contribution in [2.75, 3.05) is 33.4 Å². The number of hydrogen-bond acceptors (Lipinski definition) is 4. The number of benzene rings is 2. The van der Waals surface area contributed by atoms with Gasteiger partial charge >= 0.3 is 0 Å². The third-order valence-electron chi connectivity index (χ3n) is 5.74. The lowest BCUT2D eigenvalue weighted by atomic mass is 9.93. The number of rotatable bonds is 7. The lowest BCUT2D eigenvalue weighted by molar-refractivity contribution is -0.134. The van der Waals surface area contributed by atoms with Gasteiger partial charge in [-0.05, 0) is 65.4 Å². The van der Waals surface area contributed by atoms with Gasteiger partial charge in [-0.25, -0.2) is 4.39 Å². The van der Waals surface area contributed by atoms with Crippen LogP contribution in [0.3, 0.4) is 0 Å². The van der Waals surface area contributed by atoms with E-state index < -0.39 is 5.82 Å². The van der Waals surface area contributed by atoms with Crippen molar-refractivity contribution in [1.29, 1.82) is 0 Å². The molecule has 0 spiro atoms. The Kier molecular flexibility index (Phi) is 7.42. The zero-order valence-corrected chi connectivity index (χ0v) is 19.7. The molecule has 0 radical (unpaired) electrons. The minimum Gasteiger partial charge on any atom is -0.383 e. The number of hydrogen-bond donors (Lipinski definition) is 0. The Hall–Kier alpha value is -2.74. The third kappa shape index (κ3) is 5.27. The summed E-state index contributed by atoms with van der Waals surface area (Å²) >= 11 is 7.78. The zero-order chi connectivity index (χ0) is 23.4. The van der Waals surface area contributed by atoms with E-state index in [0.717, 1.165) is 17.5 Å². The van der Waals surface area contributed by atoms with Crippen LogP contribution in [0.5, 0.6) is 0 Å². The molecule has 0 saturated heterocycles. The van der Waals surface area contributed by atoms with E-state index >= 15 is 0 Å². The molecule has 4 rings (SSSR count). The van der Waals surface area contributed by atoms with Crippen LogP contribution in [0.4, 0.5) is 4.39 Å². The molecule has 1 aromatic heterocycles.